The van der Waals surface area contributed by atoms with Gasteiger partial charge in [0.2, 0.25) is 0 Å². The first kappa shape index (κ1) is 18.8. The third-order valence-corrected chi connectivity index (χ3v) is 5.83. The average Bonchev–Trinajstić information content (AvgIpc) is 2.62. The molecular formula is C21H35N3O. The molecule has 0 unspecified atom stereocenters. The smallest absolute Gasteiger partial charge is 0.130 e. The van der Waals surface area contributed by atoms with E-state index in [1.807, 2.05) is 0 Å². The lowest BCUT2D eigenvalue weighted by atomic mass is 9.87. The minimum atomic E-state index is 0.363. The Morgan fingerprint density at radius 2 is 1.52 bits per heavy atom. The van der Waals surface area contributed by atoms with Crippen LogP contribution in [0, 0.1) is 0 Å². The predicted molar refractivity (Wildman–Crippen MR) is 102 cm³/mol. The van der Waals surface area contributed by atoms with Gasteiger partial charge in [-0.2, -0.15) is 0 Å². The van der Waals surface area contributed by atoms with E-state index in [1.54, 1.807) is 0 Å². The Hall–Kier alpha value is -1.00. The molecule has 0 bridgehead atoms. The zero-order chi connectivity index (χ0) is 17.8. The van der Waals surface area contributed by atoms with Gasteiger partial charge < -0.3 is 9.64 Å². The summed E-state index contributed by atoms with van der Waals surface area (Å²) in [4.78, 5) is 11.8. The monoisotopic (exact) mass is 345 g/mol. The van der Waals surface area contributed by atoms with E-state index in [9.17, 15) is 0 Å². The SMILES string of the molecule is CC(C)OC1CCC(N2CCC(c3cnc(C(C)C)nc3)CC2)CC1. The zero-order valence-corrected chi connectivity index (χ0v) is 16.4. The second-order valence-corrected chi connectivity index (χ2v) is 8.45. The summed E-state index contributed by atoms with van der Waals surface area (Å²) in [6, 6.07) is 0.771. The maximum atomic E-state index is 6.00. The van der Waals surface area contributed by atoms with Gasteiger partial charge in [0.25, 0.3) is 0 Å². The fraction of sp³-hybridized carbons (Fsp3) is 0.810. The third kappa shape index (κ3) is 5.01. The second-order valence-electron chi connectivity index (χ2n) is 8.45. The molecule has 1 saturated carbocycles. The summed E-state index contributed by atoms with van der Waals surface area (Å²) in [6.45, 7) is 11.0. The molecule has 4 nitrogen and oxygen atoms in total. The van der Waals surface area contributed by atoms with Gasteiger partial charge in [-0.15, -0.1) is 0 Å². The summed E-state index contributed by atoms with van der Waals surface area (Å²) in [5, 5.41) is 0. The number of aromatic nitrogens is 2. The van der Waals surface area contributed by atoms with Crippen molar-refractivity contribution in [2.75, 3.05) is 13.1 Å². The van der Waals surface area contributed by atoms with Crippen molar-refractivity contribution in [1.82, 2.24) is 14.9 Å². The molecule has 0 amide bonds. The Morgan fingerprint density at radius 1 is 0.920 bits per heavy atom. The molecule has 2 aliphatic rings. The first-order valence-electron chi connectivity index (χ1n) is 10.2. The minimum absolute atomic E-state index is 0.363. The molecule has 2 fully saturated rings. The minimum Gasteiger partial charge on any atom is -0.376 e. The number of nitrogens with zero attached hydrogens (tertiary/aromatic N) is 3. The van der Waals surface area contributed by atoms with Crippen molar-refractivity contribution in [3.8, 4) is 0 Å². The van der Waals surface area contributed by atoms with Gasteiger partial charge in [0, 0.05) is 24.4 Å². The summed E-state index contributed by atoms with van der Waals surface area (Å²) in [5.41, 5.74) is 1.33. The molecule has 0 aromatic carbocycles. The van der Waals surface area contributed by atoms with Gasteiger partial charge in [-0.05, 0) is 76.9 Å². The van der Waals surface area contributed by atoms with Gasteiger partial charge in [0.15, 0.2) is 0 Å². The van der Waals surface area contributed by atoms with Gasteiger partial charge in [0.1, 0.15) is 5.82 Å². The van der Waals surface area contributed by atoms with Gasteiger partial charge in [0.05, 0.1) is 12.2 Å². The summed E-state index contributed by atoms with van der Waals surface area (Å²) in [5.74, 6) is 2.00. The number of hydrogen-bond acceptors (Lipinski definition) is 4. The molecule has 0 radical (unpaired) electrons. The van der Waals surface area contributed by atoms with Crippen molar-refractivity contribution in [3.05, 3.63) is 23.8 Å². The standard InChI is InChI=1S/C21H35N3O/c1-15(2)21-22-13-18(14-23-21)17-9-11-24(12-10-17)19-5-7-20(8-6-19)25-16(3)4/h13-17,19-20H,5-12H2,1-4H3. The average molecular weight is 346 g/mol. The van der Waals surface area contributed by atoms with Crippen LogP contribution in [0.3, 0.4) is 0 Å². The molecule has 25 heavy (non-hydrogen) atoms. The maximum Gasteiger partial charge on any atom is 0.130 e. The van der Waals surface area contributed by atoms with Crippen LogP contribution in [0.5, 0.6) is 0 Å². The highest BCUT2D eigenvalue weighted by atomic mass is 16.5. The molecule has 140 valence electrons. The molecule has 1 aromatic heterocycles. The number of hydrogen-bond donors (Lipinski definition) is 0. The number of piperidine rings is 1. The van der Waals surface area contributed by atoms with Crippen LogP contribution in [-0.2, 0) is 4.74 Å². The number of likely N-dealkylation sites (tertiary alicyclic amines) is 1. The predicted octanol–water partition coefficient (Wildman–Crippen LogP) is 4.52. The Balaban J connectivity index is 1.46. The highest BCUT2D eigenvalue weighted by molar-refractivity contribution is 5.14. The second kappa shape index (κ2) is 8.59. The van der Waals surface area contributed by atoms with Gasteiger partial charge in [-0.3, -0.25) is 0 Å². The fourth-order valence-corrected chi connectivity index (χ4v) is 4.39. The van der Waals surface area contributed by atoms with E-state index in [0.717, 1.165) is 11.9 Å². The van der Waals surface area contributed by atoms with Crippen molar-refractivity contribution in [2.24, 2.45) is 0 Å². The normalized spacial score (nSPS) is 26.5. The van der Waals surface area contributed by atoms with Crippen LogP contribution in [-0.4, -0.2) is 46.2 Å². The highest BCUT2D eigenvalue weighted by Gasteiger charge is 2.30. The molecular weight excluding hydrogens is 310 g/mol. The van der Waals surface area contributed by atoms with E-state index < -0.39 is 0 Å². The van der Waals surface area contributed by atoms with Crippen LogP contribution in [0.1, 0.15) is 89.4 Å². The molecule has 0 spiro atoms. The lowest BCUT2D eigenvalue weighted by Crippen LogP contribution is -2.43. The number of rotatable bonds is 5. The van der Waals surface area contributed by atoms with Crippen LogP contribution < -0.4 is 0 Å². The van der Waals surface area contributed by atoms with E-state index in [-0.39, 0.29) is 0 Å². The van der Waals surface area contributed by atoms with Gasteiger partial charge >= 0.3 is 0 Å². The largest absolute Gasteiger partial charge is 0.376 e. The maximum absolute atomic E-state index is 6.00. The molecule has 1 saturated heterocycles. The van der Waals surface area contributed by atoms with Crippen molar-refractivity contribution in [1.29, 1.82) is 0 Å². The van der Waals surface area contributed by atoms with Crippen LogP contribution in [0.4, 0.5) is 0 Å². The van der Waals surface area contributed by atoms with E-state index >= 15 is 0 Å². The molecule has 0 N–H and O–H groups in total. The summed E-state index contributed by atoms with van der Waals surface area (Å²) < 4.78 is 6.00. The molecule has 1 aromatic rings. The van der Waals surface area contributed by atoms with Crippen LogP contribution in [0.2, 0.25) is 0 Å². The molecule has 1 aliphatic carbocycles. The van der Waals surface area contributed by atoms with E-state index in [4.69, 9.17) is 4.74 Å². The zero-order valence-electron chi connectivity index (χ0n) is 16.4. The van der Waals surface area contributed by atoms with E-state index in [2.05, 4.69) is 55.0 Å². The Labute approximate surface area is 153 Å². The van der Waals surface area contributed by atoms with Crippen molar-refractivity contribution >= 4 is 0 Å². The van der Waals surface area contributed by atoms with Crippen molar-refractivity contribution < 1.29 is 4.74 Å². The molecule has 1 aliphatic heterocycles. The summed E-state index contributed by atoms with van der Waals surface area (Å²) in [7, 11) is 0. The highest BCUT2D eigenvalue weighted by Crippen LogP contribution is 2.32. The lowest BCUT2D eigenvalue weighted by Gasteiger charge is -2.41. The van der Waals surface area contributed by atoms with E-state index in [0.29, 0.717) is 24.0 Å². The van der Waals surface area contributed by atoms with Crippen LogP contribution >= 0.6 is 0 Å². The Bertz CT molecular complexity index is 512. The molecule has 0 atom stereocenters. The first-order chi connectivity index (χ1) is 12.0. The topological polar surface area (TPSA) is 38.2 Å². The summed E-state index contributed by atoms with van der Waals surface area (Å²) >= 11 is 0. The van der Waals surface area contributed by atoms with Crippen LogP contribution in [0.15, 0.2) is 12.4 Å². The van der Waals surface area contributed by atoms with E-state index in [1.165, 1.54) is 57.2 Å². The van der Waals surface area contributed by atoms with Gasteiger partial charge in [-0.25, -0.2) is 9.97 Å². The lowest BCUT2D eigenvalue weighted by molar-refractivity contribution is -0.0282. The quantitative estimate of drug-likeness (QED) is 0.786. The van der Waals surface area contributed by atoms with Crippen molar-refractivity contribution in [2.45, 2.75) is 96.3 Å². The van der Waals surface area contributed by atoms with Gasteiger partial charge in [-0.1, -0.05) is 13.8 Å². The Morgan fingerprint density at radius 3 is 2.04 bits per heavy atom. The number of ether oxygens (including phenoxy) is 1. The molecule has 2 heterocycles. The third-order valence-electron chi connectivity index (χ3n) is 5.83. The first-order valence-corrected chi connectivity index (χ1v) is 10.2. The summed E-state index contributed by atoms with van der Waals surface area (Å²) in [6.07, 6.45) is 12.5. The molecule has 3 rings (SSSR count). The fourth-order valence-electron chi connectivity index (χ4n) is 4.39. The Kier molecular flexibility index (Phi) is 6.45. The van der Waals surface area contributed by atoms with Crippen molar-refractivity contribution in [3.63, 3.8) is 0 Å². The van der Waals surface area contributed by atoms with Crippen LogP contribution in [0.25, 0.3) is 0 Å². The molecule has 4 heteroatoms.